The molecule has 0 radical (unpaired) electrons. The van der Waals surface area contributed by atoms with Gasteiger partial charge in [0.2, 0.25) is 0 Å². The van der Waals surface area contributed by atoms with Gasteiger partial charge in [0.05, 0.1) is 11.7 Å². The number of thioether (sulfide) groups is 1. The van der Waals surface area contributed by atoms with Crippen LogP contribution in [0.2, 0.25) is 0 Å². The number of hydrogen-bond acceptors (Lipinski definition) is 3. The van der Waals surface area contributed by atoms with Gasteiger partial charge in [-0.25, -0.2) is 0 Å². The molecule has 0 unspecified atom stereocenters. The van der Waals surface area contributed by atoms with Gasteiger partial charge in [-0.05, 0) is 38.1 Å². The van der Waals surface area contributed by atoms with Crippen LogP contribution in [0.25, 0.3) is 0 Å². The van der Waals surface area contributed by atoms with Gasteiger partial charge < -0.3 is 10.1 Å². The topological polar surface area (TPSA) is 38.3 Å². The van der Waals surface area contributed by atoms with Crippen molar-refractivity contribution >= 4 is 23.4 Å². The molecule has 23 heavy (non-hydrogen) atoms. The van der Waals surface area contributed by atoms with E-state index in [0.29, 0.717) is 10.8 Å². The monoisotopic (exact) mass is 329 g/mol. The summed E-state index contributed by atoms with van der Waals surface area (Å²) >= 11 is 1.69. The third-order valence-electron chi connectivity index (χ3n) is 2.96. The van der Waals surface area contributed by atoms with Gasteiger partial charge in [0.1, 0.15) is 5.75 Å². The molecule has 2 aromatic rings. The van der Waals surface area contributed by atoms with E-state index in [0.717, 1.165) is 16.3 Å². The largest absolute Gasteiger partial charge is 0.491 e. The molecule has 0 fully saturated rings. The molecule has 0 aliphatic heterocycles. The van der Waals surface area contributed by atoms with Crippen molar-refractivity contribution in [1.82, 2.24) is 0 Å². The summed E-state index contributed by atoms with van der Waals surface area (Å²) in [5, 5.41) is 3.38. The maximum absolute atomic E-state index is 12.6. The zero-order valence-electron chi connectivity index (χ0n) is 14.0. The van der Waals surface area contributed by atoms with E-state index in [-0.39, 0.29) is 12.0 Å². The lowest BCUT2D eigenvalue weighted by Gasteiger charge is -2.13. The van der Waals surface area contributed by atoms with Gasteiger partial charge in [0, 0.05) is 21.9 Å². The van der Waals surface area contributed by atoms with Crippen molar-refractivity contribution in [3.63, 3.8) is 0 Å². The number of anilines is 1. The normalized spacial score (nSPS) is 10.9. The number of amides is 1. The Bertz CT molecular complexity index is 668. The van der Waals surface area contributed by atoms with E-state index < -0.39 is 0 Å². The van der Waals surface area contributed by atoms with E-state index in [4.69, 9.17) is 4.74 Å². The van der Waals surface area contributed by atoms with Crippen LogP contribution in [0.5, 0.6) is 5.75 Å². The van der Waals surface area contributed by atoms with Crippen molar-refractivity contribution in [2.75, 3.05) is 5.32 Å². The lowest BCUT2D eigenvalue weighted by molar-refractivity contribution is 0.102. The summed E-state index contributed by atoms with van der Waals surface area (Å²) in [5.74, 6) is 0.651. The molecule has 4 heteroatoms. The van der Waals surface area contributed by atoms with Gasteiger partial charge in [-0.2, -0.15) is 0 Å². The molecule has 0 saturated heterocycles. The second-order valence-electron chi connectivity index (χ2n) is 5.81. The number of carbonyl (C=O) groups excluding carboxylic acids is 1. The van der Waals surface area contributed by atoms with Crippen LogP contribution in [0, 0.1) is 0 Å². The zero-order valence-corrected chi connectivity index (χ0v) is 14.8. The molecule has 122 valence electrons. The Kier molecular flexibility index (Phi) is 6.11. The van der Waals surface area contributed by atoms with Gasteiger partial charge in [-0.1, -0.05) is 32.0 Å². The summed E-state index contributed by atoms with van der Waals surface area (Å²) < 4.78 is 5.66. The van der Waals surface area contributed by atoms with E-state index >= 15 is 0 Å². The highest BCUT2D eigenvalue weighted by Gasteiger charge is 2.13. The molecule has 0 saturated carbocycles. The Morgan fingerprint density at radius 2 is 1.78 bits per heavy atom. The molecular formula is C19H23NO2S. The second-order valence-corrected chi connectivity index (χ2v) is 7.43. The number of ether oxygens (including phenoxy) is 1. The number of carbonyl (C=O) groups is 1. The summed E-state index contributed by atoms with van der Waals surface area (Å²) in [5.41, 5.74) is 1.43. The van der Waals surface area contributed by atoms with Crippen LogP contribution in [-0.4, -0.2) is 17.3 Å². The fourth-order valence-electron chi connectivity index (χ4n) is 2.13. The molecule has 1 amide bonds. The summed E-state index contributed by atoms with van der Waals surface area (Å²) in [6, 6.07) is 15.2. The first-order valence-corrected chi connectivity index (χ1v) is 8.67. The number of hydrogen-bond donors (Lipinski definition) is 1. The van der Waals surface area contributed by atoms with Crippen molar-refractivity contribution in [2.24, 2.45) is 0 Å². The molecule has 0 aliphatic carbocycles. The molecule has 2 rings (SSSR count). The minimum absolute atomic E-state index is 0.101. The second kappa shape index (κ2) is 8.06. The van der Waals surface area contributed by atoms with Crippen LogP contribution in [0.1, 0.15) is 38.1 Å². The lowest BCUT2D eigenvalue weighted by Crippen LogP contribution is -2.13. The molecule has 0 spiro atoms. The van der Waals surface area contributed by atoms with Crippen LogP contribution in [-0.2, 0) is 0 Å². The van der Waals surface area contributed by atoms with Crippen LogP contribution in [0.4, 0.5) is 5.69 Å². The van der Waals surface area contributed by atoms with Gasteiger partial charge in [-0.15, -0.1) is 11.8 Å². The van der Waals surface area contributed by atoms with Crippen molar-refractivity contribution in [1.29, 1.82) is 0 Å². The maximum Gasteiger partial charge on any atom is 0.256 e. The Hall–Kier alpha value is -1.94. The van der Waals surface area contributed by atoms with Crippen molar-refractivity contribution in [3.8, 4) is 5.75 Å². The van der Waals surface area contributed by atoms with Crippen LogP contribution >= 0.6 is 11.8 Å². The van der Waals surface area contributed by atoms with Gasteiger partial charge >= 0.3 is 0 Å². The zero-order chi connectivity index (χ0) is 16.8. The summed E-state index contributed by atoms with van der Waals surface area (Å²) in [4.78, 5) is 13.6. The van der Waals surface area contributed by atoms with Crippen LogP contribution < -0.4 is 10.1 Å². The first-order valence-electron chi connectivity index (χ1n) is 7.79. The summed E-state index contributed by atoms with van der Waals surface area (Å²) in [7, 11) is 0. The number of benzene rings is 2. The molecule has 0 bridgehead atoms. The van der Waals surface area contributed by atoms with E-state index in [1.807, 2.05) is 62.4 Å². The van der Waals surface area contributed by atoms with Crippen molar-refractivity contribution < 1.29 is 9.53 Å². The van der Waals surface area contributed by atoms with Gasteiger partial charge in [0.15, 0.2) is 0 Å². The molecule has 2 aromatic carbocycles. The number of nitrogens with one attached hydrogen (secondary N) is 1. The summed E-state index contributed by atoms with van der Waals surface area (Å²) in [6.07, 6.45) is 0.101. The Morgan fingerprint density at radius 1 is 1.04 bits per heavy atom. The average molecular weight is 329 g/mol. The maximum atomic E-state index is 12.6. The summed E-state index contributed by atoms with van der Waals surface area (Å²) in [6.45, 7) is 8.19. The van der Waals surface area contributed by atoms with Crippen LogP contribution in [0.15, 0.2) is 53.4 Å². The molecule has 3 nitrogen and oxygen atoms in total. The van der Waals surface area contributed by atoms with Gasteiger partial charge in [-0.3, -0.25) is 4.79 Å². The minimum Gasteiger partial charge on any atom is -0.491 e. The predicted molar refractivity (Wildman–Crippen MR) is 97.6 cm³/mol. The molecule has 0 atom stereocenters. The van der Waals surface area contributed by atoms with Crippen LogP contribution in [0.3, 0.4) is 0 Å². The molecule has 0 heterocycles. The Morgan fingerprint density at radius 3 is 2.48 bits per heavy atom. The third kappa shape index (κ3) is 5.32. The standard InChI is InChI=1S/C19H23NO2S/c1-13(2)22-16-9-7-8-15(12-16)20-19(21)17-10-5-6-11-18(17)23-14(3)4/h5-14H,1-4H3,(H,20,21). The van der Waals surface area contributed by atoms with Gasteiger partial charge in [0.25, 0.3) is 5.91 Å². The quantitative estimate of drug-likeness (QED) is 0.738. The minimum atomic E-state index is -0.101. The Balaban J connectivity index is 2.16. The fourth-order valence-corrected chi connectivity index (χ4v) is 3.08. The van der Waals surface area contributed by atoms with E-state index in [2.05, 4.69) is 19.2 Å². The SMILES string of the molecule is CC(C)Oc1cccc(NC(=O)c2ccccc2SC(C)C)c1. The highest BCUT2D eigenvalue weighted by Crippen LogP contribution is 2.27. The van der Waals surface area contributed by atoms with E-state index in [1.165, 1.54) is 0 Å². The highest BCUT2D eigenvalue weighted by atomic mass is 32.2. The average Bonchev–Trinajstić information content (AvgIpc) is 2.46. The first kappa shape index (κ1) is 17.4. The smallest absolute Gasteiger partial charge is 0.256 e. The van der Waals surface area contributed by atoms with Crippen molar-refractivity contribution in [2.45, 2.75) is 43.9 Å². The fraction of sp³-hybridized carbons (Fsp3) is 0.316. The number of rotatable bonds is 6. The van der Waals surface area contributed by atoms with E-state index in [9.17, 15) is 4.79 Å². The highest BCUT2D eigenvalue weighted by molar-refractivity contribution is 8.00. The van der Waals surface area contributed by atoms with Crippen molar-refractivity contribution in [3.05, 3.63) is 54.1 Å². The molecular weight excluding hydrogens is 306 g/mol. The predicted octanol–water partition coefficient (Wildman–Crippen LogP) is 5.23. The Labute approximate surface area is 142 Å². The molecule has 0 aliphatic rings. The molecule has 0 aromatic heterocycles. The first-order chi connectivity index (χ1) is 11.0. The third-order valence-corrected chi connectivity index (χ3v) is 4.04. The van der Waals surface area contributed by atoms with E-state index in [1.54, 1.807) is 11.8 Å². The molecule has 1 N–H and O–H groups in total. The lowest BCUT2D eigenvalue weighted by atomic mass is 10.2.